The number of hydrogen-bond donors (Lipinski definition) is 1. The molecule has 0 radical (unpaired) electrons. The van der Waals surface area contributed by atoms with Crippen molar-refractivity contribution in [3.8, 4) is 5.75 Å². The monoisotopic (exact) mass is 353 g/mol. The molecule has 1 amide bonds. The van der Waals surface area contributed by atoms with E-state index < -0.39 is 12.0 Å². The summed E-state index contributed by atoms with van der Waals surface area (Å²) in [6.45, 7) is 3.77. The van der Waals surface area contributed by atoms with Gasteiger partial charge >= 0.3 is 0 Å². The maximum absolute atomic E-state index is 11.2. The highest BCUT2D eigenvalue weighted by molar-refractivity contribution is 14.1. The zero-order valence-electron chi connectivity index (χ0n) is 9.04. The summed E-state index contributed by atoms with van der Waals surface area (Å²) in [4.78, 5) is 11.2. The zero-order valence-corrected chi connectivity index (χ0v) is 11.9. The molecule has 1 atom stereocenters. The van der Waals surface area contributed by atoms with Crippen LogP contribution in [0.25, 0.3) is 0 Å². The van der Waals surface area contributed by atoms with E-state index in [1.54, 1.807) is 18.2 Å². The molecule has 0 saturated heterocycles. The molecule has 1 aromatic rings. The number of primary amides is 1. The highest BCUT2D eigenvalue weighted by Crippen LogP contribution is 2.26. The van der Waals surface area contributed by atoms with E-state index in [0.29, 0.717) is 10.8 Å². The molecule has 0 bridgehead atoms. The third-order valence-electron chi connectivity index (χ3n) is 2.03. The highest BCUT2D eigenvalue weighted by atomic mass is 127. The quantitative estimate of drug-likeness (QED) is 0.846. The number of rotatable bonds is 4. The van der Waals surface area contributed by atoms with Crippen molar-refractivity contribution in [1.29, 1.82) is 0 Å². The van der Waals surface area contributed by atoms with Gasteiger partial charge in [0.05, 0.1) is 3.57 Å². The van der Waals surface area contributed by atoms with Gasteiger partial charge in [0.2, 0.25) is 0 Å². The zero-order chi connectivity index (χ0) is 12.3. The summed E-state index contributed by atoms with van der Waals surface area (Å²) < 4.78 is 6.44. The Hall–Kier alpha value is -0.490. The lowest BCUT2D eigenvalue weighted by Gasteiger charge is -2.20. The largest absolute Gasteiger partial charge is 0.479 e. The summed E-state index contributed by atoms with van der Waals surface area (Å²) in [5.41, 5.74) is 5.27. The summed E-state index contributed by atoms with van der Waals surface area (Å²) in [7, 11) is 0. The van der Waals surface area contributed by atoms with Gasteiger partial charge in [-0.2, -0.15) is 0 Å². The molecule has 88 valence electrons. The van der Waals surface area contributed by atoms with Gasteiger partial charge in [0, 0.05) is 5.02 Å². The van der Waals surface area contributed by atoms with Crippen LogP contribution < -0.4 is 10.5 Å². The van der Waals surface area contributed by atoms with Crippen LogP contribution in [0, 0.1) is 9.49 Å². The van der Waals surface area contributed by atoms with Gasteiger partial charge in [-0.1, -0.05) is 25.4 Å². The van der Waals surface area contributed by atoms with Gasteiger partial charge in [0.25, 0.3) is 5.91 Å². The summed E-state index contributed by atoms with van der Waals surface area (Å²) >= 11 is 7.93. The molecule has 1 unspecified atom stereocenters. The Labute approximate surface area is 113 Å². The van der Waals surface area contributed by atoms with E-state index in [1.807, 2.05) is 13.8 Å². The Morgan fingerprint density at radius 2 is 2.12 bits per heavy atom. The van der Waals surface area contributed by atoms with Crippen LogP contribution in [0.1, 0.15) is 13.8 Å². The van der Waals surface area contributed by atoms with Gasteiger partial charge in [-0.3, -0.25) is 4.79 Å². The first-order valence-electron chi connectivity index (χ1n) is 4.83. The lowest BCUT2D eigenvalue weighted by atomic mass is 10.1. The Bertz CT molecular complexity index is 396. The van der Waals surface area contributed by atoms with Gasteiger partial charge in [0.15, 0.2) is 6.10 Å². The normalized spacial score (nSPS) is 12.6. The Balaban J connectivity index is 2.90. The first kappa shape index (κ1) is 13.6. The molecule has 0 aliphatic rings. The van der Waals surface area contributed by atoms with E-state index >= 15 is 0 Å². The van der Waals surface area contributed by atoms with Crippen molar-refractivity contribution < 1.29 is 9.53 Å². The van der Waals surface area contributed by atoms with Gasteiger partial charge in [-0.05, 0) is 46.7 Å². The van der Waals surface area contributed by atoms with E-state index in [0.717, 1.165) is 3.57 Å². The fourth-order valence-corrected chi connectivity index (χ4v) is 2.23. The molecule has 0 heterocycles. The summed E-state index contributed by atoms with van der Waals surface area (Å²) in [5, 5.41) is 0.636. The Kier molecular flexibility index (Phi) is 4.86. The number of nitrogens with two attached hydrogens (primary N) is 1. The number of carbonyl (C=O) groups excluding carboxylic acids is 1. The summed E-state index contributed by atoms with van der Waals surface area (Å²) in [5.74, 6) is 0.201. The number of amides is 1. The van der Waals surface area contributed by atoms with Crippen LogP contribution >= 0.6 is 34.2 Å². The molecule has 0 fully saturated rings. The molecule has 3 nitrogen and oxygen atoms in total. The van der Waals surface area contributed by atoms with Gasteiger partial charge in [-0.25, -0.2) is 0 Å². The van der Waals surface area contributed by atoms with E-state index in [4.69, 9.17) is 22.1 Å². The predicted molar refractivity (Wildman–Crippen MR) is 72.6 cm³/mol. The highest BCUT2D eigenvalue weighted by Gasteiger charge is 2.22. The molecule has 0 aliphatic carbocycles. The van der Waals surface area contributed by atoms with Crippen LogP contribution in [0.5, 0.6) is 5.75 Å². The number of ether oxygens (including phenoxy) is 1. The maximum atomic E-state index is 11.2. The number of carbonyl (C=O) groups is 1. The topological polar surface area (TPSA) is 52.3 Å². The van der Waals surface area contributed by atoms with Crippen LogP contribution in [-0.2, 0) is 4.79 Å². The fourth-order valence-electron chi connectivity index (χ4n) is 1.23. The van der Waals surface area contributed by atoms with Crippen molar-refractivity contribution >= 4 is 40.1 Å². The average Bonchev–Trinajstić information content (AvgIpc) is 2.15. The second kappa shape index (κ2) is 5.72. The van der Waals surface area contributed by atoms with Crippen LogP contribution in [0.2, 0.25) is 5.02 Å². The molecule has 0 aromatic heterocycles. The molecule has 0 aliphatic heterocycles. The molecule has 1 rings (SSSR count). The standard InChI is InChI=1S/C11H13ClINO2/c1-6(2)10(11(14)15)16-9-4-3-7(12)5-8(9)13/h3-6,10H,1-2H3,(H2,14,15). The molecule has 5 heteroatoms. The molecule has 0 spiro atoms. The Morgan fingerprint density at radius 3 is 2.56 bits per heavy atom. The smallest absolute Gasteiger partial charge is 0.258 e. The van der Waals surface area contributed by atoms with E-state index in [1.165, 1.54) is 0 Å². The van der Waals surface area contributed by atoms with Gasteiger partial charge < -0.3 is 10.5 Å². The van der Waals surface area contributed by atoms with Crippen LogP contribution in [-0.4, -0.2) is 12.0 Å². The average molecular weight is 354 g/mol. The van der Waals surface area contributed by atoms with Gasteiger partial charge in [0.1, 0.15) is 5.75 Å². The molecular formula is C11H13ClINO2. The van der Waals surface area contributed by atoms with E-state index in [-0.39, 0.29) is 5.92 Å². The predicted octanol–water partition coefficient (Wildman–Crippen LogP) is 2.83. The number of benzene rings is 1. The SMILES string of the molecule is CC(C)C(Oc1ccc(Cl)cc1I)C(N)=O. The molecular weight excluding hydrogens is 340 g/mol. The summed E-state index contributed by atoms with van der Waals surface area (Å²) in [6.07, 6.45) is -0.616. The second-order valence-electron chi connectivity index (χ2n) is 3.76. The maximum Gasteiger partial charge on any atom is 0.258 e. The van der Waals surface area contributed by atoms with Crippen LogP contribution in [0.15, 0.2) is 18.2 Å². The van der Waals surface area contributed by atoms with Crippen molar-refractivity contribution in [3.63, 3.8) is 0 Å². The molecule has 0 saturated carbocycles. The minimum Gasteiger partial charge on any atom is -0.479 e. The van der Waals surface area contributed by atoms with Crippen molar-refractivity contribution in [3.05, 3.63) is 26.8 Å². The van der Waals surface area contributed by atoms with Crippen LogP contribution in [0.4, 0.5) is 0 Å². The summed E-state index contributed by atoms with van der Waals surface area (Å²) in [6, 6.07) is 5.23. The van der Waals surface area contributed by atoms with E-state index in [2.05, 4.69) is 22.6 Å². The molecule has 2 N–H and O–H groups in total. The fraction of sp³-hybridized carbons (Fsp3) is 0.364. The minimum absolute atomic E-state index is 0.0315. The third-order valence-corrected chi connectivity index (χ3v) is 3.11. The molecule has 16 heavy (non-hydrogen) atoms. The van der Waals surface area contributed by atoms with Crippen molar-refractivity contribution in [1.82, 2.24) is 0 Å². The van der Waals surface area contributed by atoms with E-state index in [9.17, 15) is 4.79 Å². The van der Waals surface area contributed by atoms with Gasteiger partial charge in [-0.15, -0.1) is 0 Å². The Morgan fingerprint density at radius 1 is 1.50 bits per heavy atom. The van der Waals surface area contributed by atoms with Crippen molar-refractivity contribution in [2.45, 2.75) is 20.0 Å². The lowest BCUT2D eigenvalue weighted by Crippen LogP contribution is -2.38. The van der Waals surface area contributed by atoms with Crippen molar-refractivity contribution in [2.24, 2.45) is 11.7 Å². The lowest BCUT2D eigenvalue weighted by molar-refractivity contribution is -0.126. The minimum atomic E-state index is -0.616. The first-order chi connectivity index (χ1) is 7.41. The number of halogens is 2. The first-order valence-corrected chi connectivity index (χ1v) is 6.28. The second-order valence-corrected chi connectivity index (χ2v) is 5.36. The van der Waals surface area contributed by atoms with Crippen LogP contribution in [0.3, 0.4) is 0 Å². The number of hydrogen-bond acceptors (Lipinski definition) is 2. The van der Waals surface area contributed by atoms with Crippen molar-refractivity contribution in [2.75, 3.05) is 0 Å². The molecule has 1 aromatic carbocycles. The third kappa shape index (κ3) is 3.52.